The van der Waals surface area contributed by atoms with E-state index in [2.05, 4.69) is 25.6 Å². The Balaban J connectivity index is 3.78. The van der Waals surface area contributed by atoms with Crippen LogP contribution in [0.3, 0.4) is 0 Å². The Morgan fingerprint density at radius 1 is 1.18 bits per heavy atom. The molecule has 0 aliphatic heterocycles. The number of nitrogens with zero attached hydrogens (tertiary/aromatic N) is 4. The van der Waals surface area contributed by atoms with Crippen molar-refractivity contribution >= 4 is 27.3 Å². The fourth-order valence-corrected chi connectivity index (χ4v) is 1.73. The first-order valence-electron chi connectivity index (χ1n) is 4.27. The van der Waals surface area contributed by atoms with Gasteiger partial charge in [-0.05, 0) is 6.07 Å². The molecule has 0 saturated heterocycles. The lowest BCUT2D eigenvalue weighted by molar-refractivity contribution is 1.45. The normalized spacial score (nSPS) is 8.06. The molecule has 0 saturated carbocycles. The molecule has 5 heteroatoms. The lowest BCUT2D eigenvalue weighted by atomic mass is 10.2. The lowest BCUT2D eigenvalue weighted by Crippen LogP contribution is -2.13. The summed E-state index contributed by atoms with van der Waals surface area (Å²) in [5, 5.41) is 18.4. The lowest BCUT2D eigenvalue weighted by Gasteiger charge is -1.92. The van der Waals surface area contributed by atoms with Gasteiger partial charge in [-0.1, -0.05) is 28.1 Å². The second-order valence-electron chi connectivity index (χ2n) is 2.84. The summed E-state index contributed by atoms with van der Waals surface area (Å²) in [7, 11) is 0. The van der Waals surface area contributed by atoms with Crippen molar-refractivity contribution in [1.29, 1.82) is 10.5 Å². The third kappa shape index (κ3) is 2.50. The molecule has 1 rings (SSSR count). The molecule has 1 aromatic carbocycles. The Hall–Kier alpha value is -2.60. The van der Waals surface area contributed by atoms with E-state index in [1.165, 1.54) is 6.07 Å². The second kappa shape index (κ2) is 5.47. The molecule has 0 atom stereocenters. The average molecular weight is 283 g/mol. The number of rotatable bonds is 0. The number of halogens is 1. The summed E-state index contributed by atoms with van der Waals surface area (Å²) in [6.07, 6.45) is 0. The van der Waals surface area contributed by atoms with Gasteiger partial charge in [0.1, 0.15) is 30.9 Å². The summed E-state index contributed by atoms with van der Waals surface area (Å²) in [5.74, 6) is -0.0484. The van der Waals surface area contributed by atoms with E-state index >= 15 is 0 Å². The van der Waals surface area contributed by atoms with Crippen molar-refractivity contribution in [2.24, 2.45) is 0 Å². The Kier molecular flexibility index (Phi) is 4.02. The molecule has 0 aliphatic carbocycles. The minimum absolute atomic E-state index is 0.0180. The maximum Gasteiger partial charge on any atom is 0.526 e. The molecule has 0 radical (unpaired) electrons. The van der Waals surface area contributed by atoms with Crippen molar-refractivity contribution in [3.63, 3.8) is 0 Å². The number of hydrogen-bond donors (Lipinski definition) is 0. The third-order valence-corrected chi connectivity index (χ3v) is 2.59. The first-order valence-corrected chi connectivity index (χ1v) is 5.06. The van der Waals surface area contributed by atoms with E-state index in [1.54, 1.807) is 24.3 Å². The molecule has 78 valence electrons. The van der Waals surface area contributed by atoms with Crippen molar-refractivity contribution in [3.05, 3.63) is 55.9 Å². The van der Waals surface area contributed by atoms with Crippen LogP contribution in [0.4, 0.5) is 0 Å². The first kappa shape index (κ1) is 12.5. The number of hydrogen-bond acceptors (Lipinski definition) is 2. The van der Waals surface area contributed by atoms with Crippen LogP contribution in [0.5, 0.6) is 0 Å². The van der Waals surface area contributed by atoms with Crippen LogP contribution in [0.15, 0.2) is 22.7 Å². The molecule has 0 spiro atoms. The highest BCUT2D eigenvalue weighted by molar-refractivity contribution is 9.10. The highest BCUT2D eigenvalue weighted by Gasteiger charge is 2.06. The van der Waals surface area contributed by atoms with Gasteiger partial charge in [-0.2, -0.15) is 20.2 Å². The minimum Gasteiger partial charge on any atom is -0.192 e. The van der Waals surface area contributed by atoms with E-state index < -0.39 is 0 Å². The van der Waals surface area contributed by atoms with Crippen LogP contribution >= 0.6 is 15.9 Å². The molecule has 0 aliphatic rings. The van der Waals surface area contributed by atoms with Gasteiger partial charge in [-0.15, -0.1) is 0 Å². The second-order valence-corrected chi connectivity index (χ2v) is 3.69. The van der Waals surface area contributed by atoms with Gasteiger partial charge >= 0.3 is 5.82 Å². The van der Waals surface area contributed by atoms with Gasteiger partial charge in [-0.3, -0.25) is 0 Å². The molecule has 0 unspecified atom stereocenters. The summed E-state index contributed by atoms with van der Waals surface area (Å²) >= 11 is 3.21. The fourth-order valence-electron chi connectivity index (χ4n) is 1.16. The van der Waals surface area contributed by atoms with Crippen molar-refractivity contribution in [1.82, 2.24) is 0 Å². The highest BCUT2D eigenvalue weighted by atomic mass is 79.9. The van der Waals surface area contributed by atoms with Crippen molar-refractivity contribution in [3.8, 4) is 12.1 Å². The van der Waals surface area contributed by atoms with Crippen LogP contribution in [0.25, 0.3) is 21.1 Å². The van der Waals surface area contributed by atoms with Crippen molar-refractivity contribution < 1.29 is 0 Å². The molecule has 0 N–H and O–H groups in total. The van der Waals surface area contributed by atoms with Crippen LogP contribution in [0.2, 0.25) is 0 Å². The molecule has 0 aromatic heterocycles. The highest BCUT2D eigenvalue weighted by Crippen LogP contribution is 2.03. The maximum absolute atomic E-state index is 8.74. The Bertz CT molecular complexity index is 716. The van der Waals surface area contributed by atoms with Crippen molar-refractivity contribution in [2.75, 3.05) is 0 Å². The molecule has 17 heavy (non-hydrogen) atoms. The maximum atomic E-state index is 8.74. The molecular formula is C12H3BrN4. The van der Waals surface area contributed by atoms with Gasteiger partial charge in [0, 0.05) is 9.69 Å². The van der Waals surface area contributed by atoms with Crippen LogP contribution in [0, 0.1) is 35.8 Å². The van der Waals surface area contributed by atoms with E-state index in [1.807, 2.05) is 0 Å². The Morgan fingerprint density at radius 2 is 1.76 bits per heavy atom. The number of nitriles is 2. The SMILES string of the molecule is [C-]#[N+]C([N+]#[C-])=c1ccc(=C(C#N)C#N)c(Br)c1. The van der Waals surface area contributed by atoms with E-state index in [-0.39, 0.29) is 11.4 Å². The van der Waals surface area contributed by atoms with E-state index in [0.29, 0.717) is 14.9 Å². The summed E-state index contributed by atoms with van der Waals surface area (Å²) in [6.45, 7) is 13.7. The fraction of sp³-hybridized carbons (Fsp3) is 0. The van der Waals surface area contributed by atoms with Gasteiger partial charge in [0.25, 0.3) is 0 Å². The average Bonchev–Trinajstić information content (AvgIpc) is 2.34. The van der Waals surface area contributed by atoms with Crippen LogP contribution in [-0.2, 0) is 0 Å². The predicted molar refractivity (Wildman–Crippen MR) is 64.6 cm³/mol. The molecule has 4 nitrogen and oxygen atoms in total. The van der Waals surface area contributed by atoms with Gasteiger partial charge in [0.05, 0.1) is 5.22 Å². The smallest absolute Gasteiger partial charge is 0.192 e. The Morgan fingerprint density at radius 3 is 2.18 bits per heavy atom. The standard InChI is InChI=1S/C12H3BrN4/c1-16-12(17-2)8-3-4-10(11(13)5-8)9(6-14)7-15/h3-5H. The number of benzene rings is 1. The van der Waals surface area contributed by atoms with Gasteiger partial charge in [0.2, 0.25) is 0 Å². The largest absolute Gasteiger partial charge is 0.526 e. The molecule has 0 fully saturated rings. The summed E-state index contributed by atoms with van der Waals surface area (Å²) in [6, 6.07) is 8.20. The van der Waals surface area contributed by atoms with Gasteiger partial charge < -0.3 is 0 Å². The Labute approximate surface area is 106 Å². The van der Waals surface area contributed by atoms with Crippen LogP contribution < -0.4 is 10.4 Å². The summed E-state index contributed by atoms with van der Waals surface area (Å²) in [5.41, 5.74) is -0.0180. The summed E-state index contributed by atoms with van der Waals surface area (Å²) < 4.78 is 0.512. The quantitative estimate of drug-likeness (QED) is 0.678. The van der Waals surface area contributed by atoms with Crippen molar-refractivity contribution in [2.45, 2.75) is 0 Å². The predicted octanol–water partition coefficient (Wildman–Crippen LogP) is 1.55. The zero-order chi connectivity index (χ0) is 12.8. The molecular weight excluding hydrogens is 280 g/mol. The topological polar surface area (TPSA) is 56.3 Å². The zero-order valence-corrected chi connectivity index (χ0v) is 9.98. The van der Waals surface area contributed by atoms with Crippen LogP contribution in [0.1, 0.15) is 0 Å². The first-order chi connectivity index (χ1) is 8.17. The van der Waals surface area contributed by atoms with E-state index in [4.69, 9.17) is 23.7 Å². The molecule has 0 bridgehead atoms. The van der Waals surface area contributed by atoms with E-state index in [9.17, 15) is 0 Å². The van der Waals surface area contributed by atoms with Gasteiger partial charge in [0.15, 0.2) is 0 Å². The molecule has 0 amide bonds. The van der Waals surface area contributed by atoms with Crippen LogP contribution in [-0.4, -0.2) is 0 Å². The van der Waals surface area contributed by atoms with Gasteiger partial charge in [-0.25, -0.2) is 0 Å². The zero-order valence-electron chi connectivity index (χ0n) is 8.40. The molecule has 1 aromatic rings. The summed E-state index contributed by atoms with van der Waals surface area (Å²) in [4.78, 5) is 6.18. The minimum atomic E-state index is -0.0484. The monoisotopic (exact) mass is 282 g/mol. The molecule has 0 heterocycles. The van der Waals surface area contributed by atoms with E-state index in [0.717, 1.165) is 0 Å². The third-order valence-electron chi connectivity index (χ3n) is 1.93.